The molecule has 0 radical (unpaired) electrons. The molecule has 0 aromatic heterocycles. The second kappa shape index (κ2) is 7.44. The van der Waals surface area contributed by atoms with E-state index in [0.717, 1.165) is 17.7 Å². The Bertz CT molecular complexity index is 616. The molecule has 0 aliphatic heterocycles. The molecule has 0 saturated heterocycles. The zero-order valence-electron chi connectivity index (χ0n) is 12.1. The van der Waals surface area contributed by atoms with Gasteiger partial charge in [0.05, 0.1) is 18.6 Å². The highest BCUT2D eigenvalue weighted by Crippen LogP contribution is 2.21. The van der Waals surface area contributed by atoms with Gasteiger partial charge >= 0.3 is 0 Å². The minimum Gasteiger partial charge on any atom is -0.494 e. The first-order valence-electron chi connectivity index (χ1n) is 7.03. The molecule has 0 aliphatic rings. The van der Waals surface area contributed by atoms with Crippen LogP contribution in [0, 0.1) is 24.1 Å². The topological polar surface area (TPSA) is 33.0 Å². The highest BCUT2D eigenvalue weighted by molar-refractivity contribution is 5.27. The van der Waals surface area contributed by atoms with Gasteiger partial charge in [-0.25, -0.2) is 4.39 Å². The van der Waals surface area contributed by atoms with Gasteiger partial charge in [0.25, 0.3) is 0 Å². The lowest BCUT2D eigenvalue weighted by Crippen LogP contribution is -2.02. The lowest BCUT2D eigenvalue weighted by Gasteiger charge is -2.10. The van der Waals surface area contributed by atoms with Gasteiger partial charge < -0.3 is 4.74 Å². The van der Waals surface area contributed by atoms with Gasteiger partial charge in [-0.15, -0.1) is 0 Å². The first-order valence-corrected chi connectivity index (χ1v) is 7.03. The standard InChI is InChI=1S/C18H18FNO/c1-14-7-9-18(10-8-14)21-11-3-5-16(13-20)15-4-2-6-17(19)12-15/h2,4,6-10,12,16H,3,5,11H2,1H3. The summed E-state index contributed by atoms with van der Waals surface area (Å²) in [4.78, 5) is 0. The zero-order chi connectivity index (χ0) is 15.1. The number of nitrogens with zero attached hydrogens (tertiary/aromatic N) is 1. The number of hydrogen-bond acceptors (Lipinski definition) is 2. The van der Waals surface area contributed by atoms with E-state index in [9.17, 15) is 9.65 Å². The van der Waals surface area contributed by atoms with Crippen molar-refractivity contribution >= 4 is 0 Å². The molecule has 0 heterocycles. The fourth-order valence-corrected chi connectivity index (χ4v) is 2.14. The first kappa shape index (κ1) is 15.1. The third kappa shape index (κ3) is 4.61. The van der Waals surface area contributed by atoms with Crippen molar-refractivity contribution in [2.24, 2.45) is 0 Å². The van der Waals surface area contributed by atoms with E-state index in [2.05, 4.69) is 6.07 Å². The monoisotopic (exact) mass is 283 g/mol. The molecule has 2 aromatic rings. The molecule has 0 aliphatic carbocycles. The second-order valence-corrected chi connectivity index (χ2v) is 5.04. The fourth-order valence-electron chi connectivity index (χ4n) is 2.14. The van der Waals surface area contributed by atoms with Gasteiger partial charge in [-0.1, -0.05) is 29.8 Å². The Morgan fingerprint density at radius 2 is 1.95 bits per heavy atom. The SMILES string of the molecule is Cc1ccc(OCCCC(C#N)c2cccc(F)c2)cc1. The molecule has 2 rings (SSSR count). The zero-order valence-corrected chi connectivity index (χ0v) is 12.1. The van der Waals surface area contributed by atoms with Gasteiger partial charge in [-0.2, -0.15) is 5.26 Å². The average molecular weight is 283 g/mol. The van der Waals surface area contributed by atoms with E-state index < -0.39 is 0 Å². The minimum absolute atomic E-state index is 0.290. The van der Waals surface area contributed by atoms with Gasteiger partial charge in [0, 0.05) is 0 Å². The first-order chi connectivity index (χ1) is 10.2. The molecule has 2 aromatic carbocycles. The van der Waals surface area contributed by atoms with Gasteiger partial charge in [0.1, 0.15) is 11.6 Å². The van der Waals surface area contributed by atoms with Gasteiger partial charge in [-0.05, 0) is 49.6 Å². The molecule has 0 amide bonds. The van der Waals surface area contributed by atoms with Crippen molar-refractivity contribution in [2.45, 2.75) is 25.7 Å². The van der Waals surface area contributed by atoms with Crippen LogP contribution in [0.5, 0.6) is 5.75 Å². The maximum absolute atomic E-state index is 13.2. The Labute approximate surface area is 124 Å². The van der Waals surface area contributed by atoms with E-state index in [1.165, 1.54) is 17.7 Å². The van der Waals surface area contributed by atoms with Crippen LogP contribution in [0.25, 0.3) is 0 Å². The summed E-state index contributed by atoms with van der Waals surface area (Å²) in [6.45, 7) is 2.58. The number of halogens is 1. The van der Waals surface area contributed by atoms with E-state index in [4.69, 9.17) is 4.74 Å². The van der Waals surface area contributed by atoms with Crippen molar-refractivity contribution in [2.75, 3.05) is 6.61 Å². The summed E-state index contributed by atoms with van der Waals surface area (Å²) in [6.07, 6.45) is 1.41. The lowest BCUT2D eigenvalue weighted by molar-refractivity contribution is 0.305. The molecule has 21 heavy (non-hydrogen) atoms. The summed E-state index contributed by atoms with van der Waals surface area (Å²) in [5, 5.41) is 9.20. The predicted molar refractivity (Wildman–Crippen MR) is 80.7 cm³/mol. The van der Waals surface area contributed by atoms with Crippen LogP contribution in [0.2, 0.25) is 0 Å². The average Bonchev–Trinajstić information content (AvgIpc) is 2.49. The van der Waals surface area contributed by atoms with E-state index in [0.29, 0.717) is 13.0 Å². The second-order valence-electron chi connectivity index (χ2n) is 5.04. The molecule has 0 N–H and O–H groups in total. The van der Waals surface area contributed by atoms with Crippen LogP contribution in [0.3, 0.4) is 0 Å². The largest absolute Gasteiger partial charge is 0.494 e. The van der Waals surface area contributed by atoms with Gasteiger partial charge in [0.2, 0.25) is 0 Å². The van der Waals surface area contributed by atoms with Gasteiger partial charge in [0.15, 0.2) is 0 Å². The highest BCUT2D eigenvalue weighted by atomic mass is 19.1. The Morgan fingerprint density at radius 1 is 1.19 bits per heavy atom. The molecular weight excluding hydrogens is 265 g/mol. The summed E-state index contributed by atoms with van der Waals surface area (Å²) >= 11 is 0. The van der Waals surface area contributed by atoms with Crippen LogP contribution < -0.4 is 4.74 Å². The lowest BCUT2D eigenvalue weighted by atomic mass is 9.96. The van der Waals surface area contributed by atoms with Crippen molar-refractivity contribution in [3.8, 4) is 11.8 Å². The van der Waals surface area contributed by atoms with Crippen molar-refractivity contribution in [1.82, 2.24) is 0 Å². The summed E-state index contributed by atoms with van der Waals surface area (Å²) in [5.74, 6) is 0.242. The van der Waals surface area contributed by atoms with Crippen LogP contribution >= 0.6 is 0 Å². The predicted octanol–water partition coefficient (Wildman–Crippen LogP) is 4.60. The maximum Gasteiger partial charge on any atom is 0.123 e. The Kier molecular flexibility index (Phi) is 5.34. The van der Waals surface area contributed by atoms with Crippen LogP contribution in [0.1, 0.15) is 29.9 Å². The van der Waals surface area contributed by atoms with Crippen molar-refractivity contribution < 1.29 is 9.13 Å². The van der Waals surface area contributed by atoms with Crippen molar-refractivity contribution in [1.29, 1.82) is 5.26 Å². The number of nitriles is 1. The van der Waals surface area contributed by atoms with E-state index in [1.807, 2.05) is 31.2 Å². The summed E-state index contributed by atoms with van der Waals surface area (Å²) < 4.78 is 18.8. The Hall–Kier alpha value is -2.34. The summed E-state index contributed by atoms with van der Waals surface area (Å²) in [6, 6.07) is 16.3. The number of aryl methyl sites for hydroxylation is 1. The Balaban J connectivity index is 1.81. The quantitative estimate of drug-likeness (QED) is 0.726. The van der Waals surface area contributed by atoms with Crippen molar-refractivity contribution in [3.63, 3.8) is 0 Å². The molecule has 108 valence electrons. The molecule has 0 spiro atoms. The van der Waals surface area contributed by atoms with Crippen LogP contribution in [0.15, 0.2) is 48.5 Å². The highest BCUT2D eigenvalue weighted by Gasteiger charge is 2.11. The molecule has 0 saturated carbocycles. The third-order valence-corrected chi connectivity index (χ3v) is 3.33. The normalized spacial score (nSPS) is 11.7. The van der Waals surface area contributed by atoms with Crippen LogP contribution in [-0.4, -0.2) is 6.61 Å². The number of hydrogen-bond donors (Lipinski definition) is 0. The molecule has 1 atom stereocenters. The van der Waals surface area contributed by atoms with Crippen LogP contribution in [0.4, 0.5) is 4.39 Å². The minimum atomic E-state index is -0.302. The molecule has 0 bridgehead atoms. The van der Waals surface area contributed by atoms with E-state index in [-0.39, 0.29) is 11.7 Å². The van der Waals surface area contributed by atoms with E-state index >= 15 is 0 Å². The molecule has 3 heteroatoms. The van der Waals surface area contributed by atoms with Gasteiger partial charge in [-0.3, -0.25) is 0 Å². The van der Waals surface area contributed by atoms with Crippen molar-refractivity contribution in [3.05, 3.63) is 65.5 Å². The molecule has 0 fully saturated rings. The molecule has 2 nitrogen and oxygen atoms in total. The number of benzene rings is 2. The number of ether oxygens (including phenoxy) is 1. The Morgan fingerprint density at radius 3 is 2.62 bits per heavy atom. The van der Waals surface area contributed by atoms with Crippen LogP contribution in [-0.2, 0) is 0 Å². The third-order valence-electron chi connectivity index (χ3n) is 3.33. The summed E-state index contributed by atoms with van der Waals surface area (Å²) in [7, 11) is 0. The molecule has 1 unspecified atom stereocenters. The maximum atomic E-state index is 13.2. The summed E-state index contributed by atoms with van der Waals surface area (Å²) in [5.41, 5.74) is 1.92. The molecular formula is C18H18FNO. The number of rotatable bonds is 6. The fraction of sp³-hybridized carbons (Fsp3) is 0.278. The van der Waals surface area contributed by atoms with E-state index in [1.54, 1.807) is 12.1 Å². The smallest absolute Gasteiger partial charge is 0.123 e.